The van der Waals surface area contributed by atoms with Crippen LogP contribution in [-0.2, 0) is 9.57 Å². The smallest absolute Gasteiger partial charge is 0.338 e. The van der Waals surface area contributed by atoms with Crippen molar-refractivity contribution in [3.8, 4) is 11.5 Å². The molecule has 0 aliphatic carbocycles. The second-order valence-electron chi connectivity index (χ2n) is 11.4. The Kier molecular flexibility index (Phi) is 16.6. The molecule has 1 heterocycles. The lowest BCUT2D eigenvalue weighted by Gasteiger charge is -2.10. The summed E-state index contributed by atoms with van der Waals surface area (Å²) in [6.45, 7) is 6.24. The SMILES string of the molecule is CCCCCCCCCCOc1ccc(C(=O)OCCC2CC(c3ccc(OCCCCCCCC)cc3)=NO2)cc1. The average Bonchev–Trinajstić information content (AvgIpc) is 3.49. The summed E-state index contributed by atoms with van der Waals surface area (Å²) in [4.78, 5) is 18.1. The van der Waals surface area contributed by atoms with Crippen LogP contribution in [0.3, 0.4) is 0 Å². The van der Waals surface area contributed by atoms with E-state index >= 15 is 0 Å². The summed E-state index contributed by atoms with van der Waals surface area (Å²) in [7, 11) is 0. The summed E-state index contributed by atoms with van der Waals surface area (Å²) in [5.41, 5.74) is 2.47. The normalized spacial score (nSPS) is 14.3. The minimum Gasteiger partial charge on any atom is -0.494 e. The molecule has 0 amide bonds. The van der Waals surface area contributed by atoms with Crippen LogP contribution in [-0.4, -0.2) is 37.6 Å². The lowest BCUT2D eigenvalue weighted by Crippen LogP contribution is -2.14. The van der Waals surface area contributed by atoms with E-state index in [9.17, 15) is 4.79 Å². The Hall–Kier alpha value is -3.02. The number of nitrogens with zero attached hydrogens (tertiary/aromatic N) is 1. The van der Waals surface area contributed by atoms with Gasteiger partial charge in [-0.2, -0.15) is 0 Å². The molecule has 2 aromatic carbocycles. The van der Waals surface area contributed by atoms with Crippen molar-refractivity contribution < 1.29 is 23.8 Å². The van der Waals surface area contributed by atoms with Gasteiger partial charge in [-0.3, -0.25) is 0 Å². The molecule has 0 fully saturated rings. The standard InChI is InChI=1S/C36H53NO5/c1-3-5-7-9-11-12-14-16-27-40-33-23-19-31(20-24-33)36(38)41-28-25-34-29-35(37-42-34)30-17-21-32(22-18-30)39-26-15-13-10-8-6-4-2/h17-24,34H,3-16,25-29H2,1-2H3. The van der Waals surface area contributed by atoms with Gasteiger partial charge >= 0.3 is 5.97 Å². The molecule has 6 heteroatoms. The first-order chi connectivity index (χ1) is 20.7. The lowest BCUT2D eigenvalue weighted by atomic mass is 10.0. The molecule has 1 atom stereocenters. The van der Waals surface area contributed by atoms with E-state index in [1.54, 1.807) is 12.1 Å². The van der Waals surface area contributed by atoms with E-state index in [0.29, 0.717) is 25.0 Å². The highest BCUT2D eigenvalue weighted by molar-refractivity contribution is 6.01. The van der Waals surface area contributed by atoms with E-state index in [-0.39, 0.29) is 18.7 Å². The first-order valence-corrected chi connectivity index (χ1v) is 16.6. The Morgan fingerprint density at radius 1 is 0.690 bits per heavy atom. The van der Waals surface area contributed by atoms with Gasteiger partial charge in [0.2, 0.25) is 0 Å². The van der Waals surface area contributed by atoms with Crippen molar-refractivity contribution in [2.24, 2.45) is 5.16 Å². The highest BCUT2D eigenvalue weighted by Gasteiger charge is 2.22. The minimum absolute atomic E-state index is 0.0939. The van der Waals surface area contributed by atoms with Gasteiger partial charge in [0.15, 0.2) is 0 Å². The maximum absolute atomic E-state index is 12.5. The second-order valence-corrected chi connectivity index (χ2v) is 11.4. The molecule has 6 nitrogen and oxygen atoms in total. The van der Waals surface area contributed by atoms with E-state index in [1.165, 1.54) is 77.0 Å². The quantitative estimate of drug-likeness (QED) is 0.0968. The predicted octanol–water partition coefficient (Wildman–Crippen LogP) is 9.69. The number of unbranched alkanes of at least 4 members (excludes halogenated alkanes) is 12. The molecular formula is C36H53NO5. The number of hydrogen-bond acceptors (Lipinski definition) is 6. The zero-order chi connectivity index (χ0) is 29.7. The predicted molar refractivity (Wildman–Crippen MR) is 171 cm³/mol. The molecule has 0 aromatic heterocycles. The van der Waals surface area contributed by atoms with Gasteiger partial charge in [-0.15, -0.1) is 0 Å². The van der Waals surface area contributed by atoms with Crippen LogP contribution in [0.4, 0.5) is 0 Å². The molecule has 0 spiro atoms. The van der Waals surface area contributed by atoms with Gasteiger partial charge in [0.25, 0.3) is 0 Å². The van der Waals surface area contributed by atoms with Crippen LogP contribution in [0, 0.1) is 0 Å². The molecular weight excluding hydrogens is 526 g/mol. The summed E-state index contributed by atoms with van der Waals surface area (Å²) < 4.78 is 17.2. The molecule has 0 bridgehead atoms. The van der Waals surface area contributed by atoms with Crippen molar-refractivity contribution in [3.05, 3.63) is 59.7 Å². The van der Waals surface area contributed by atoms with Gasteiger partial charge in [0.1, 0.15) is 17.6 Å². The maximum atomic E-state index is 12.5. The second kappa shape index (κ2) is 20.8. The molecule has 1 unspecified atom stereocenters. The first-order valence-electron chi connectivity index (χ1n) is 16.6. The average molecular weight is 580 g/mol. The molecule has 0 saturated carbocycles. The van der Waals surface area contributed by atoms with Crippen molar-refractivity contribution in [1.29, 1.82) is 0 Å². The number of ether oxygens (including phenoxy) is 3. The van der Waals surface area contributed by atoms with Gasteiger partial charge in [-0.05, 0) is 66.9 Å². The minimum atomic E-state index is -0.333. The van der Waals surface area contributed by atoms with Crippen molar-refractivity contribution in [2.45, 2.75) is 123 Å². The van der Waals surface area contributed by atoms with Crippen molar-refractivity contribution in [3.63, 3.8) is 0 Å². The van der Waals surface area contributed by atoms with Crippen LogP contribution in [0.25, 0.3) is 0 Å². The van der Waals surface area contributed by atoms with Crippen LogP contribution in [0.2, 0.25) is 0 Å². The summed E-state index contributed by atoms with van der Waals surface area (Å²) in [6.07, 6.45) is 18.9. The van der Waals surface area contributed by atoms with E-state index in [0.717, 1.165) is 42.2 Å². The molecule has 1 aliphatic rings. The zero-order valence-electron chi connectivity index (χ0n) is 26.1. The fraction of sp³-hybridized carbons (Fsp3) is 0.611. The van der Waals surface area contributed by atoms with Crippen LogP contribution in [0.15, 0.2) is 53.7 Å². The zero-order valence-corrected chi connectivity index (χ0v) is 26.1. The summed E-state index contributed by atoms with van der Waals surface area (Å²) in [6, 6.07) is 15.3. The molecule has 0 saturated heterocycles. The van der Waals surface area contributed by atoms with Gasteiger partial charge in [-0.25, -0.2) is 4.79 Å². The fourth-order valence-electron chi connectivity index (χ4n) is 5.05. The molecule has 2 aromatic rings. The Balaban J connectivity index is 1.24. The van der Waals surface area contributed by atoms with Crippen LogP contribution in [0.5, 0.6) is 11.5 Å². The third-order valence-electron chi connectivity index (χ3n) is 7.72. The Labute approximate surface area is 254 Å². The molecule has 232 valence electrons. The molecule has 0 radical (unpaired) electrons. The van der Waals surface area contributed by atoms with E-state index in [4.69, 9.17) is 19.0 Å². The van der Waals surface area contributed by atoms with Crippen molar-refractivity contribution >= 4 is 11.7 Å². The van der Waals surface area contributed by atoms with E-state index in [1.807, 2.05) is 36.4 Å². The van der Waals surface area contributed by atoms with Gasteiger partial charge in [0, 0.05) is 12.8 Å². The number of benzene rings is 2. The van der Waals surface area contributed by atoms with Crippen molar-refractivity contribution in [2.75, 3.05) is 19.8 Å². The summed E-state index contributed by atoms with van der Waals surface area (Å²) in [5.74, 6) is 1.34. The van der Waals surface area contributed by atoms with Crippen molar-refractivity contribution in [1.82, 2.24) is 0 Å². The Morgan fingerprint density at radius 3 is 1.74 bits per heavy atom. The fourth-order valence-corrected chi connectivity index (χ4v) is 5.05. The highest BCUT2D eigenvalue weighted by Crippen LogP contribution is 2.22. The first kappa shape index (κ1) is 33.5. The monoisotopic (exact) mass is 579 g/mol. The van der Waals surface area contributed by atoms with E-state index in [2.05, 4.69) is 19.0 Å². The summed E-state index contributed by atoms with van der Waals surface area (Å²) in [5, 5.41) is 4.27. The number of carbonyl (C=O) groups excluding carboxylic acids is 1. The number of carbonyl (C=O) groups is 1. The molecule has 0 N–H and O–H groups in total. The molecule has 3 rings (SSSR count). The van der Waals surface area contributed by atoms with Gasteiger partial charge < -0.3 is 19.0 Å². The van der Waals surface area contributed by atoms with Crippen LogP contribution >= 0.6 is 0 Å². The van der Waals surface area contributed by atoms with E-state index < -0.39 is 0 Å². The third-order valence-corrected chi connectivity index (χ3v) is 7.72. The van der Waals surface area contributed by atoms with Gasteiger partial charge in [-0.1, -0.05) is 96.1 Å². The maximum Gasteiger partial charge on any atom is 0.338 e. The molecule has 1 aliphatic heterocycles. The lowest BCUT2D eigenvalue weighted by molar-refractivity contribution is 0.0329. The van der Waals surface area contributed by atoms with Crippen LogP contribution < -0.4 is 9.47 Å². The number of oxime groups is 1. The summed E-state index contributed by atoms with van der Waals surface area (Å²) >= 11 is 0. The van der Waals surface area contributed by atoms with Crippen LogP contribution in [0.1, 0.15) is 133 Å². The number of hydrogen-bond donors (Lipinski definition) is 0. The Morgan fingerprint density at radius 2 is 1.19 bits per heavy atom. The Bertz CT molecular complexity index is 1020. The topological polar surface area (TPSA) is 66.4 Å². The number of esters is 1. The highest BCUT2D eigenvalue weighted by atomic mass is 16.6. The molecule has 42 heavy (non-hydrogen) atoms. The van der Waals surface area contributed by atoms with Gasteiger partial charge in [0.05, 0.1) is 31.1 Å². The third kappa shape index (κ3) is 13.3. The number of rotatable bonds is 23. The largest absolute Gasteiger partial charge is 0.494 e.